The van der Waals surface area contributed by atoms with Crippen molar-refractivity contribution >= 4 is 34.5 Å². The maximum absolute atomic E-state index is 6.25. The van der Waals surface area contributed by atoms with E-state index >= 15 is 0 Å². The Bertz CT molecular complexity index is 510. The van der Waals surface area contributed by atoms with Crippen LogP contribution in [0.5, 0.6) is 0 Å². The number of halogens is 2. The molecule has 0 amide bonds. The van der Waals surface area contributed by atoms with Crippen LogP contribution in [0.2, 0.25) is 10.0 Å². The maximum atomic E-state index is 6.25. The van der Waals surface area contributed by atoms with Gasteiger partial charge in [0.05, 0.1) is 17.2 Å². The Hall–Kier alpha value is -0.650. The highest BCUT2D eigenvalue weighted by atomic mass is 35.5. The first-order chi connectivity index (χ1) is 9.13. The normalized spacial score (nSPS) is 12.9. The first kappa shape index (κ1) is 14.8. The second-order valence-corrected chi connectivity index (χ2v) is 5.81. The van der Waals surface area contributed by atoms with E-state index < -0.39 is 0 Å². The minimum absolute atomic E-state index is 0.0251. The molecule has 1 unspecified atom stereocenters. The van der Waals surface area contributed by atoms with Crippen LogP contribution >= 0.6 is 34.5 Å². The molecule has 1 heterocycles. The summed E-state index contributed by atoms with van der Waals surface area (Å²) in [5, 5.41) is 3.32. The molecule has 0 spiro atoms. The Morgan fingerprint density at radius 1 is 1.37 bits per heavy atom. The molecule has 19 heavy (non-hydrogen) atoms. The van der Waals surface area contributed by atoms with Gasteiger partial charge in [-0.1, -0.05) is 29.3 Å². The maximum Gasteiger partial charge on any atom is 0.0795 e. The fraction of sp³-hybridized carbons (Fsp3) is 0.308. The fourth-order valence-electron chi connectivity index (χ4n) is 2.03. The van der Waals surface area contributed by atoms with Gasteiger partial charge >= 0.3 is 0 Å². The van der Waals surface area contributed by atoms with E-state index in [4.69, 9.17) is 28.9 Å². The number of benzene rings is 1. The van der Waals surface area contributed by atoms with Crippen molar-refractivity contribution in [1.82, 2.24) is 9.88 Å². The Morgan fingerprint density at radius 2 is 2.05 bits per heavy atom. The minimum Gasteiger partial charge on any atom is -0.329 e. The Kier molecular flexibility index (Phi) is 5.19. The van der Waals surface area contributed by atoms with Gasteiger partial charge in [0.25, 0.3) is 0 Å². The van der Waals surface area contributed by atoms with E-state index in [0.29, 0.717) is 23.1 Å². The van der Waals surface area contributed by atoms with Crippen LogP contribution in [0.3, 0.4) is 0 Å². The Balaban J connectivity index is 2.24. The van der Waals surface area contributed by atoms with Gasteiger partial charge in [-0.25, -0.2) is 4.98 Å². The lowest BCUT2D eigenvalue weighted by atomic mass is 10.1. The average Bonchev–Trinajstić information content (AvgIpc) is 2.86. The smallest absolute Gasteiger partial charge is 0.0795 e. The molecule has 2 N–H and O–H groups in total. The van der Waals surface area contributed by atoms with Gasteiger partial charge in [0, 0.05) is 34.1 Å². The molecule has 1 aromatic heterocycles. The van der Waals surface area contributed by atoms with Gasteiger partial charge in [0.15, 0.2) is 0 Å². The van der Waals surface area contributed by atoms with E-state index in [1.807, 2.05) is 36.1 Å². The van der Waals surface area contributed by atoms with Crippen LogP contribution in [-0.4, -0.2) is 23.5 Å². The van der Waals surface area contributed by atoms with Crippen molar-refractivity contribution in [2.75, 3.05) is 13.6 Å². The molecule has 3 nitrogen and oxygen atoms in total. The van der Waals surface area contributed by atoms with E-state index in [1.54, 1.807) is 11.3 Å². The summed E-state index contributed by atoms with van der Waals surface area (Å²) >= 11 is 14.1. The lowest BCUT2D eigenvalue weighted by molar-refractivity contribution is 0.239. The van der Waals surface area contributed by atoms with Crippen LogP contribution in [0.1, 0.15) is 17.3 Å². The lowest BCUT2D eigenvalue weighted by Gasteiger charge is -2.28. The number of nitrogens with two attached hydrogens (primary N) is 1. The van der Waals surface area contributed by atoms with Crippen molar-refractivity contribution in [2.24, 2.45) is 5.73 Å². The summed E-state index contributed by atoms with van der Waals surface area (Å²) in [6, 6.07) is 5.48. The van der Waals surface area contributed by atoms with Gasteiger partial charge in [-0.2, -0.15) is 0 Å². The van der Waals surface area contributed by atoms with Crippen molar-refractivity contribution in [2.45, 2.75) is 12.6 Å². The third-order valence-corrected chi connectivity index (χ3v) is 4.28. The SMILES string of the molecule is CN(Cc1cscn1)C(CN)c1c(Cl)cccc1Cl. The molecule has 6 heteroatoms. The summed E-state index contributed by atoms with van der Waals surface area (Å²) in [4.78, 5) is 6.39. The van der Waals surface area contributed by atoms with E-state index in [1.165, 1.54) is 0 Å². The van der Waals surface area contributed by atoms with Crippen LogP contribution in [-0.2, 0) is 6.54 Å². The molecule has 0 fully saturated rings. The topological polar surface area (TPSA) is 42.2 Å². The van der Waals surface area contributed by atoms with E-state index in [0.717, 1.165) is 11.3 Å². The van der Waals surface area contributed by atoms with Gasteiger partial charge in [0.2, 0.25) is 0 Å². The summed E-state index contributed by atoms with van der Waals surface area (Å²) in [7, 11) is 2.00. The van der Waals surface area contributed by atoms with Crippen LogP contribution < -0.4 is 5.73 Å². The van der Waals surface area contributed by atoms with E-state index in [9.17, 15) is 0 Å². The molecule has 1 aromatic carbocycles. The number of aromatic nitrogens is 1. The summed E-state index contributed by atoms with van der Waals surface area (Å²) < 4.78 is 0. The standard InChI is InChI=1S/C13H15Cl2N3S/c1-18(6-9-7-19-8-17-9)12(5-16)13-10(14)3-2-4-11(13)15/h2-4,7-8,12H,5-6,16H2,1H3. The van der Waals surface area contributed by atoms with Gasteiger partial charge in [-0.15, -0.1) is 11.3 Å². The number of likely N-dealkylation sites (N-methyl/N-ethyl adjacent to an activating group) is 1. The van der Waals surface area contributed by atoms with E-state index in [-0.39, 0.29) is 6.04 Å². The van der Waals surface area contributed by atoms with Crippen LogP contribution in [0.15, 0.2) is 29.1 Å². The number of hydrogen-bond acceptors (Lipinski definition) is 4. The molecule has 0 aliphatic heterocycles. The zero-order valence-electron chi connectivity index (χ0n) is 10.5. The zero-order valence-corrected chi connectivity index (χ0v) is 12.8. The van der Waals surface area contributed by atoms with Gasteiger partial charge in [-0.3, -0.25) is 4.90 Å². The molecule has 0 aliphatic carbocycles. The third kappa shape index (κ3) is 3.46. The highest BCUT2D eigenvalue weighted by Gasteiger charge is 2.21. The Morgan fingerprint density at radius 3 is 2.58 bits per heavy atom. The number of thiazole rings is 1. The molecule has 1 atom stereocenters. The predicted molar refractivity (Wildman–Crippen MR) is 81.8 cm³/mol. The summed E-state index contributed by atoms with van der Waals surface area (Å²) in [6.45, 7) is 1.16. The number of rotatable bonds is 5. The molecule has 102 valence electrons. The zero-order chi connectivity index (χ0) is 13.8. The van der Waals surface area contributed by atoms with Crippen LogP contribution in [0.4, 0.5) is 0 Å². The average molecular weight is 316 g/mol. The first-order valence-corrected chi connectivity index (χ1v) is 7.54. The summed E-state index contributed by atoms with van der Waals surface area (Å²) in [6.07, 6.45) is 0. The second kappa shape index (κ2) is 6.68. The second-order valence-electron chi connectivity index (χ2n) is 4.28. The number of hydrogen-bond donors (Lipinski definition) is 1. The van der Waals surface area contributed by atoms with Crippen LogP contribution in [0, 0.1) is 0 Å². The van der Waals surface area contributed by atoms with Crippen molar-refractivity contribution < 1.29 is 0 Å². The van der Waals surface area contributed by atoms with Gasteiger partial charge in [0.1, 0.15) is 0 Å². The molecule has 0 radical (unpaired) electrons. The summed E-state index contributed by atoms with van der Waals surface area (Å²) in [5.41, 5.74) is 9.62. The quantitative estimate of drug-likeness (QED) is 0.917. The largest absolute Gasteiger partial charge is 0.329 e. The highest BCUT2D eigenvalue weighted by Crippen LogP contribution is 2.33. The molecule has 0 saturated heterocycles. The van der Waals surface area contributed by atoms with Gasteiger partial charge < -0.3 is 5.73 Å². The molecule has 2 rings (SSSR count). The molecular formula is C13H15Cl2N3S. The lowest BCUT2D eigenvalue weighted by Crippen LogP contribution is -2.30. The van der Waals surface area contributed by atoms with Crippen molar-refractivity contribution in [3.8, 4) is 0 Å². The third-order valence-electron chi connectivity index (χ3n) is 2.98. The van der Waals surface area contributed by atoms with Crippen molar-refractivity contribution in [1.29, 1.82) is 0 Å². The fourth-order valence-corrected chi connectivity index (χ4v) is 3.23. The minimum atomic E-state index is -0.0251. The van der Waals surface area contributed by atoms with Crippen molar-refractivity contribution in [3.05, 3.63) is 50.4 Å². The highest BCUT2D eigenvalue weighted by molar-refractivity contribution is 7.07. The summed E-state index contributed by atoms with van der Waals surface area (Å²) in [5.74, 6) is 0. The van der Waals surface area contributed by atoms with Crippen molar-refractivity contribution in [3.63, 3.8) is 0 Å². The molecular weight excluding hydrogens is 301 g/mol. The van der Waals surface area contributed by atoms with E-state index in [2.05, 4.69) is 9.88 Å². The molecule has 0 saturated carbocycles. The Labute approximate surface area is 127 Å². The monoisotopic (exact) mass is 315 g/mol. The molecule has 2 aromatic rings. The first-order valence-electron chi connectivity index (χ1n) is 5.84. The van der Waals surface area contributed by atoms with Gasteiger partial charge in [-0.05, 0) is 19.2 Å². The number of nitrogens with zero attached hydrogens (tertiary/aromatic N) is 2. The molecule has 0 bridgehead atoms. The molecule has 0 aliphatic rings. The predicted octanol–water partition coefficient (Wildman–Crippen LogP) is 3.58. The van der Waals surface area contributed by atoms with Crippen LogP contribution in [0.25, 0.3) is 0 Å².